The maximum absolute atomic E-state index is 12.1. The van der Waals surface area contributed by atoms with E-state index in [0.29, 0.717) is 30.6 Å². The molecule has 0 aliphatic carbocycles. The standard InChI is InChI=1S/C14H17N3O3/c1-15-13(19)9-3-2-4-11(7-9)17-14(20)10-5-6-12(18)16-8-10/h2-4,7,10H,5-6,8H2,1H3,(H,15,19)(H,16,18)(H,17,20). The van der Waals surface area contributed by atoms with E-state index in [1.54, 1.807) is 31.3 Å². The molecule has 1 aliphatic heterocycles. The van der Waals surface area contributed by atoms with Crippen LogP contribution in [0.25, 0.3) is 0 Å². The molecule has 6 heteroatoms. The lowest BCUT2D eigenvalue weighted by atomic mass is 9.98. The Bertz CT molecular complexity index is 532. The normalized spacial score (nSPS) is 18.1. The Morgan fingerprint density at radius 1 is 1.35 bits per heavy atom. The molecule has 0 saturated carbocycles. The highest BCUT2D eigenvalue weighted by atomic mass is 16.2. The number of nitrogens with one attached hydrogen (secondary N) is 3. The van der Waals surface area contributed by atoms with Crippen molar-refractivity contribution < 1.29 is 14.4 Å². The van der Waals surface area contributed by atoms with E-state index in [1.165, 1.54) is 0 Å². The zero-order valence-corrected chi connectivity index (χ0v) is 11.2. The summed E-state index contributed by atoms with van der Waals surface area (Å²) in [5.41, 5.74) is 1.07. The molecule has 6 nitrogen and oxygen atoms in total. The molecule has 2 rings (SSSR count). The van der Waals surface area contributed by atoms with Crippen molar-refractivity contribution in [2.75, 3.05) is 18.9 Å². The number of anilines is 1. The van der Waals surface area contributed by atoms with Gasteiger partial charge in [-0.25, -0.2) is 0 Å². The van der Waals surface area contributed by atoms with Gasteiger partial charge in [-0.2, -0.15) is 0 Å². The molecule has 1 saturated heterocycles. The minimum Gasteiger partial charge on any atom is -0.355 e. The highest BCUT2D eigenvalue weighted by Gasteiger charge is 2.24. The first-order valence-corrected chi connectivity index (χ1v) is 6.50. The molecule has 0 radical (unpaired) electrons. The molecule has 0 aromatic heterocycles. The van der Waals surface area contributed by atoms with Gasteiger partial charge < -0.3 is 16.0 Å². The van der Waals surface area contributed by atoms with Crippen molar-refractivity contribution >= 4 is 23.4 Å². The fourth-order valence-corrected chi connectivity index (χ4v) is 2.08. The molecule has 1 fully saturated rings. The van der Waals surface area contributed by atoms with E-state index in [1.807, 2.05) is 0 Å². The van der Waals surface area contributed by atoms with Crippen molar-refractivity contribution in [2.45, 2.75) is 12.8 Å². The van der Waals surface area contributed by atoms with Gasteiger partial charge in [-0.05, 0) is 24.6 Å². The Balaban J connectivity index is 2.00. The van der Waals surface area contributed by atoms with E-state index in [9.17, 15) is 14.4 Å². The minimum atomic E-state index is -0.226. The second-order valence-electron chi connectivity index (χ2n) is 4.69. The predicted octanol–water partition coefficient (Wildman–Crippen LogP) is 0.511. The summed E-state index contributed by atoms with van der Waals surface area (Å²) in [7, 11) is 1.55. The van der Waals surface area contributed by atoms with Crippen LogP contribution in [0.1, 0.15) is 23.2 Å². The van der Waals surface area contributed by atoms with Gasteiger partial charge in [-0.15, -0.1) is 0 Å². The van der Waals surface area contributed by atoms with Crippen LogP contribution in [0.4, 0.5) is 5.69 Å². The van der Waals surface area contributed by atoms with Crippen LogP contribution in [0.2, 0.25) is 0 Å². The van der Waals surface area contributed by atoms with Crippen molar-refractivity contribution in [3.05, 3.63) is 29.8 Å². The molecule has 3 N–H and O–H groups in total. The third-order valence-electron chi connectivity index (χ3n) is 3.26. The quantitative estimate of drug-likeness (QED) is 0.751. The van der Waals surface area contributed by atoms with Crippen LogP contribution in [0.3, 0.4) is 0 Å². The Morgan fingerprint density at radius 2 is 2.15 bits per heavy atom. The van der Waals surface area contributed by atoms with E-state index >= 15 is 0 Å². The molecule has 1 aromatic carbocycles. The Morgan fingerprint density at radius 3 is 2.80 bits per heavy atom. The van der Waals surface area contributed by atoms with Gasteiger partial charge >= 0.3 is 0 Å². The summed E-state index contributed by atoms with van der Waals surface area (Å²) in [5, 5.41) is 7.98. The van der Waals surface area contributed by atoms with E-state index in [0.717, 1.165) is 0 Å². The number of hydrogen-bond donors (Lipinski definition) is 3. The first-order valence-electron chi connectivity index (χ1n) is 6.50. The maximum atomic E-state index is 12.1. The molecule has 20 heavy (non-hydrogen) atoms. The lowest BCUT2D eigenvalue weighted by molar-refractivity contribution is -0.126. The number of piperidine rings is 1. The number of carbonyl (C=O) groups excluding carboxylic acids is 3. The van der Waals surface area contributed by atoms with Gasteiger partial charge in [0.05, 0.1) is 5.92 Å². The van der Waals surface area contributed by atoms with Crippen molar-refractivity contribution in [1.82, 2.24) is 10.6 Å². The second kappa shape index (κ2) is 6.18. The largest absolute Gasteiger partial charge is 0.355 e. The van der Waals surface area contributed by atoms with Gasteiger partial charge in [0.15, 0.2) is 0 Å². The smallest absolute Gasteiger partial charge is 0.251 e. The molecule has 1 aromatic rings. The molecule has 1 atom stereocenters. The molecular weight excluding hydrogens is 258 g/mol. The lowest BCUT2D eigenvalue weighted by Crippen LogP contribution is -2.40. The Kier molecular flexibility index (Phi) is 4.34. The van der Waals surface area contributed by atoms with Crippen molar-refractivity contribution in [2.24, 2.45) is 5.92 Å². The summed E-state index contributed by atoms with van der Waals surface area (Å²) in [4.78, 5) is 34.6. The molecule has 0 bridgehead atoms. The second-order valence-corrected chi connectivity index (χ2v) is 4.69. The van der Waals surface area contributed by atoms with E-state index < -0.39 is 0 Å². The molecule has 0 spiro atoms. The van der Waals surface area contributed by atoms with Crippen LogP contribution >= 0.6 is 0 Å². The Labute approximate surface area is 116 Å². The van der Waals surface area contributed by atoms with E-state index in [4.69, 9.17) is 0 Å². The monoisotopic (exact) mass is 275 g/mol. The number of amides is 3. The number of benzene rings is 1. The highest BCUT2D eigenvalue weighted by Crippen LogP contribution is 2.16. The third kappa shape index (κ3) is 3.34. The topological polar surface area (TPSA) is 87.3 Å². The first-order chi connectivity index (χ1) is 9.60. The van der Waals surface area contributed by atoms with Crippen LogP contribution < -0.4 is 16.0 Å². The molecule has 1 unspecified atom stereocenters. The molecular formula is C14H17N3O3. The summed E-state index contributed by atoms with van der Waals surface area (Å²) in [6.07, 6.45) is 0.920. The van der Waals surface area contributed by atoms with Gasteiger partial charge in [-0.1, -0.05) is 6.07 Å². The summed E-state index contributed by atoms with van der Waals surface area (Å²) in [6, 6.07) is 6.74. The maximum Gasteiger partial charge on any atom is 0.251 e. The summed E-state index contributed by atoms with van der Waals surface area (Å²) >= 11 is 0. The fourth-order valence-electron chi connectivity index (χ4n) is 2.08. The van der Waals surface area contributed by atoms with Gasteiger partial charge in [-0.3, -0.25) is 14.4 Å². The molecule has 3 amide bonds. The van der Waals surface area contributed by atoms with Crippen LogP contribution in [0.5, 0.6) is 0 Å². The number of rotatable bonds is 3. The average molecular weight is 275 g/mol. The summed E-state index contributed by atoms with van der Waals surface area (Å²) < 4.78 is 0. The number of carbonyl (C=O) groups is 3. The highest BCUT2D eigenvalue weighted by molar-refractivity contribution is 5.98. The first kappa shape index (κ1) is 14.0. The summed E-state index contributed by atoms with van der Waals surface area (Å²) in [6.45, 7) is 0.361. The zero-order valence-electron chi connectivity index (χ0n) is 11.2. The van der Waals surface area contributed by atoms with Crippen molar-refractivity contribution in [1.29, 1.82) is 0 Å². The van der Waals surface area contributed by atoms with Crippen LogP contribution in [0.15, 0.2) is 24.3 Å². The van der Waals surface area contributed by atoms with Gasteiger partial charge in [0.1, 0.15) is 0 Å². The third-order valence-corrected chi connectivity index (χ3v) is 3.26. The van der Waals surface area contributed by atoms with Crippen molar-refractivity contribution in [3.8, 4) is 0 Å². The molecule has 1 heterocycles. The van der Waals surface area contributed by atoms with Gasteiger partial charge in [0.25, 0.3) is 5.91 Å². The van der Waals surface area contributed by atoms with Crippen LogP contribution in [0, 0.1) is 5.92 Å². The minimum absolute atomic E-state index is 0.0179. The molecule has 106 valence electrons. The zero-order chi connectivity index (χ0) is 14.5. The van der Waals surface area contributed by atoms with Crippen molar-refractivity contribution in [3.63, 3.8) is 0 Å². The average Bonchev–Trinajstić information content (AvgIpc) is 2.47. The number of hydrogen-bond acceptors (Lipinski definition) is 3. The predicted molar refractivity (Wildman–Crippen MR) is 74.2 cm³/mol. The Hall–Kier alpha value is -2.37. The van der Waals surface area contributed by atoms with E-state index in [-0.39, 0.29) is 23.6 Å². The van der Waals surface area contributed by atoms with E-state index in [2.05, 4.69) is 16.0 Å². The van der Waals surface area contributed by atoms with Gasteiger partial charge in [0.2, 0.25) is 11.8 Å². The fraction of sp³-hybridized carbons (Fsp3) is 0.357. The van der Waals surface area contributed by atoms with Crippen LogP contribution in [-0.4, -0.2) is 31.3 Å². The lowest BCUT2D eigenvalue weighted by Gasteiger charge is -2.21. The molecule has 1 aliphatic rings. The van der Waals surface area contributed by atoms with Gasteiger partial charge in [0, 0.05) is 31.3 Å². The van der Waals surface area contributed by atoms with Crippen LogP contribution in [-0.2, 0) is 9.59 Å². The summed E-state index contributed by atoms with van der Waals surface area (Å²) in [5.74, 6) is -0.586. The SMILES string of the molecule is CNC(=O)c1cccc(NC(=O)C2CCC(=O)NC2)c1.